The first-order chi connectivity index (χ1) is 13.0. The van der Waals surface area contributed by atoms with Gasteiger partial charge in [-0.05, 0) is 31.5 Å². The van der Waals surface area contributed by atoms with E-state index in [1.54, 1.807) is 0 Å². The molecule has 2 atom stereocenters. The van der Waals surface area contributed by atoms with E-state index in [1.807, 2.05) is 68.4 Å². The lowest BCUT2D eigenvalue weighted by molar-refractivity contribution is -0.121. The summed E-state index contributed by atoms with van der Waals surface area (Å²) >= 11 is 7.57. The highest BCUT2D eigenvalue weighted by atomic mass is 35.5. The Hall–Kier alpha value is -2.31. The Morgan fingerprint density at radius 1 is 1.15 bits per heavy atom. The first kappa shape index (κ1) is 19.5. The van der Waals surface area contributed by atoms with Crippen LogP contribution < -0.4 is 5.32 Å². The van der Waals surface area contributed by atoms with Crippen molar-refractivity contribution in [3.63, 3.8) is 0 Å². The first-order valence-corrected chi connectivity index (χ1v) is 9.86. The predicted octanol–water partition coefficient (Wildman–Crippen LogP) is 4.67. The van der Waals surface area contributed by atoms with Crippen LogP contribution in [-0.4, -0.2) is 21.3 Å². The van der Waals surface area contributed by atoms with E-state index < -0.39 is 0 Å². The number of hydrogen-bond acceptors (Lipinski definition) is 5. The number of rotatable bonds is 7. The lowest BCUT2D eigenvalue weighted by atomic mass is 10.1. The van der Waals surface area contributed by atoms with Crippen LogP contribution in [0.2, 0.25) is 5.02 Å². The number of benzene rings is 2. The molecular weight excluding hydrogens is 382 g/mol. The summed E-state index contributed by atoms with van der Waals surface area (Å²) in [6.07, 6.45) is 0.587. The van der Waals surface area contributed by atoms with Crippen molar-refractivity contribution in [3.8, 4) is 0 Å². The van der Waals surface area contributed by atoms with Gasteiger partial charge in [-0.25, -0.2) is 0 Å². The van der Waals surface area contributed by atoms with E-state index in [4.69, 9.17) is 16.1 Å². The van der Waals surface area contributed by atoms with Crippen molar-refractivity contribution < 1.29 is 9.32 Å². The summed E-state index contributed by atoms with van der Waals surface area (Å²) in [5.74, 6) is 0.871. The summed E-state index contributed by atoms with van der Waals surface area (Å²) in [6.45, 7) is 3.66. The fraction of sp³-hybridized carbons (Fsp3) is 0.250. The minimum atomic E-state index is -0.371. The molecule has 3 rings (SSSR count). The van der Waals surface area contributed by atoms with Crippen molar-refractivity contribution in [1.82, 2.24) is 15.5 Å². The molecule has 2 aromatic carbocycles. The predicted molar refractivity (Wildman–Crippen MR) is 107 cm³/mol. The third-order valence-corrected chi connectivity index (χ3v) is 5.55. The Morgan fingerprint density at radius 2 is 1.85 bits per heavy atom. The van der Waals surface area contributed by atoms with Crippen molar-refractivity contribution >= 4 is 29.3 Å². The molecule has 0 aliphatic carbocycles. The van der Waals surface area contributed by atoms with Crippen LogP contribution in [0, 0.1) is 0 Å². The zero-order chi connectivity index (χ0) is 19.2. The van der Waals surface area contributed by atoms with Gasteiger partial charge in [0.05, 0.1) is 10.3 Å². The largest absolute Gasteiger partial charge is 0.344 e. The summed E-state index contributed by atoms with van der Waals surface area (Å²) in [5.41, 5.74) is 1.10. The second-order valence-electron chi connectivity index (χ2n) is 6.13. The summed E-state index contributed by atoms with van der Waals surface area (Å²) < 4.78 is 5.31. The molecule has 0 bridgehead atoms. The van der Waals surface area contributed by atoms with Gasteiger partial charge in [-0.1, -0.05) is 59.2 Å². The third kappa shape index (κ3) is 5.34. The molecule has 27 heavy (non-hydrogen) atoms. The van der Waals surface area contributed by atoms with E-state index in [0.717, 1.165) is 10.5 Å². The molecule has 0 spiro atoms. The number of carbonyl (C=O) groups is 1. The van der Waals surface area contributed by atoms with Gasteiger partial charge >= 0.3 is 0 Å². The van der Waals surface area contributed by atoms with E-state index in [0.29, 0.717) is 23.2 Å². The maximum atomic E-state index is 12.5. The number of thioether (sulfide) groups is 1. The summed E-state index contributed by atoms with van der Waals surface area (Å²) in [4.78, 5) is 17.7. The smallest absolute Gasteiger partial charge is 0.248 e. The minimum absolute atomic E-state index is 0.116. The van der Waals surface area contributed by atoms with Crippen LogP contribution >= 0.6 is 23.4 Å². The molecule has 1 aromatic heterocycles. The molecule has 140 valence electrons. The highest BCUT2D eigenvalue weighted by Crippen LogP contribution is 2.30. The molecular formula is C20H20ClN3O2S. The summed E-state index contributed by atoms with van der Waals surface area (Å²) in [5, 5.41) is 7.25. The monoisotopic (exact) mass is 401 g/mol. The van der Waals surface area contributed by atoms with Gasteiger partial charge in [0.1, 0.15) is 6.04 Å². The van der Waals surface area contributed by atoms with E-state index in [2.05, 4.69) is 15.5 Å². The third-order valence-electron chi connectivity index (χ3n) is 3.93. The number of nitrogens with one attached hydrogen (secondary N) is 1. The van der Waals surface area contributed by atoms with Crippen LogP contribution in [0.5, 0.6) is 0 Å². The van der Waals surface area contributed by atoms with Gasteiger partial charge in [0.2, 0.25) is 11.8 Å². The first-order valence-electron chi connectivity index (χ1n) is 8.61. The van der Waals surface area contributed by atoms with Crippen LogP contribution in [0.1, 0.15) is 37.2 Å². The fourth-order valence-electron chi connectivity index (χ4n) is 2.47. The maximum Gasteiger partial charge on any atom is 0.248 e. The fourth-order valence-corrected chi connectivity index (χ4v) is 3.63. The SMILES string of the molecule is C[C@H](NC(=O)[C@@H](C)Sc1ccccc1Cl)c1nc(Cc2ccccc2)no1. The van der Waals surface area contributed by atoms with Crippen molar-refractivity contribution in [2.45, 2.75) is 36.5 Å². The molecule has 5 nitrogen and oxygen atoms in total. The standard InChI is InChI=1S/C20H20ClN3O2S/c1-13(20-23-18(24-26-20)12-15-8-4-3-5-9-15)22-19(25)14(2)27-17-11-7-6-10-16(17)21/h3-11,13-14H,12H2,1-2H3,(H,22,25)/t13-,14+/m0/s1. The second-order valence-corrected chi connectivity index (χ2v) is 7.92. The van der Waals surface area contributed by atoms with Gasteiger partial charge in [-0.2, -0.15) is 4.98 Å². The molecule has 0 aliphatic heterocycles. The van der Waals surface area contributed by atoms with E-state index in [1.165, 1.54) is 11.8 Å². The molecule has 0 aliphatic rings. The summed E-state index contributed by atoms with van der Waals surface area (Å²) in [7, 11) is 0. The molecule has 7 heteroatoms. The number of carbonyl (C=O) groups excluding carboxylic acids is 1. The van der Waals surface area contributed by atoms with Gasteiger partial charge in [-0.3, -0.25) is 4.79 Å². The van der Waals surface area contributed by atoms with Crippen molar-refractivity contribution in [1.29, 1.82) is 0 Å². The van der Waals surface area contributed by atoms with Gasteiger partial charge in [0.25, 0.3) is 0 Å². The number of amides is 1. The van der Waals surface area contributed by atoms with Crippen LogP contribution in [-0.2, 0) is 11.2 Å². The molecule has 0 unspecified atom stereocenters. The van der Waals surface area contributed by atoms with Crippen molar-refractivity contribution in [3.05, 3.63) is 76.9 Å². The quantitative estimate of drug-likeness (QED) is 0.582. The van der Waals surface area contributed by atoms with Gasteiger partial charge in [0, 0.05) is 11.3 Å². The lowest BCUT2D eigenvalue weighted by Crippen LogP contribution is -2.33. The Bertz CT molecular complexity index is 901. The number of hydrogen-bond donors (Lipinski definition) is 1. The van der Waals surface area contributed by atoms with Gasteiger partial charge in [0.15, 0.2) is 5.82 Å². The average molecular weight is 402 g/mol. The lowest BCUT2D eigenvalue weighted by Gasteiger charge is -2.15. The van der Waals surface area contributed by atoms with Crippen LogP contribution in [0.3, 0.4) is 0 Å². The van der Waals surface area contributed by atoms with E-state index in [9.17, 15) is 4.79 Å². The van der Waals surface area contributed by atoms with Crippen LogP contribution in [0.15, 0.2) is 64.0 Å². The van der Waals surface area contributed by atoms with Crippen LogP contribution in [0.25, 0.3) is 0 Å². The molecule has 0 saturated carbocycles. The Labute approximate surface area is 167 Å². The van der Waals surface area contributed by atoms with Gasteiger partial charge < -0.3 is 9.84 Å². The zero-order valence-electron chi connectivity index (χ0n) is 15.1. The van der Waals surface area contributed by atoms with Crippen LogP contribution in [0.4, 0.5) is 0 Å². The second kappa shape index (κ2) is 9.06. The highest BCUT2D eigenvalue weighted by Gasteiger charge is 2.21. The normalized spacial score (nSPS) is 13.1. The minimum Gasteiger partial charge on any atom is -0.344 e. The Kier molecular flexibility index (Phi) is 6.53. The van der Waals surface area contributed by atoms with Crippen molar-refractivity contribution in [2.75, 3.05) is 0 Å². The molecule has 0 radical (unpaired) electrons. The molecule has 0 saturated heterocycles. The molecule has 1 N–H and O–H groups in total. The summed E-state index contributed by atoms with van der Waals surface area (Å²) in [6, 6.07) is 17.0. The molecule has 1 heterocycles. The Morgan fingerprint density at radius 3 is 2.59 bits per heavy atom. The number of aromatic nitrogens is 2. The van der Waals surface area contributed by atoms with E-state index in [-0.39, 0.29) is 17.2 Å². The average Bonchev–Trinajstić information content (AvgIpc) is 3.13. The highest BCUT2D eigenvalue weighted by molar-refractivity contribution is 8.00. The van der Waals surface area contributed by atoms with Crippen molar-refractivity contribution in [2.24, 2.45) is 0 Å². The maximum absolute atomic E-state index is 12.5. The Balaban J connectivity index is 1.57. The topological polar surface area (TPSA) is 68.0 Å². The molecule has 0 fully saturated rings. The van der Waals surface area contributed by atoms with E-state index >= 15 is 0 Å². The number of halogens is 1. The molecule has 3 aromatic rings. The number of nitrogens with zero attached hydrogens (tertiary/aromatic N) is 2. The van der Waals surface area contributed by atoms with Gasteiger partial charge in [-0.15, -0.1) is 11.8 Å². The molecule has 1 amide bonds. The zero-order valence-corrected chi connectivity index (χ0v) is 16.6.